The molecule has 1 unspecified atom stereocenters. The maximum atomic E-state index is 14.0. The Bertz CT molecular complexity index is 861. The van der Waals surface area contributed by atoms with Crippen molar-refractivity contribution in [2.75, 3.05) is 0 Å². The van der Waals surface area contributed by atoms with Crippen molar-refractivity contribution in [1.29, 1.82) is 0 Å². The summed E-state index contributed by atoms with van der Waals surface area (Å²) in [5, 5.41) is 4.27. The lowest BCUT2D eigenvalue weighted by molar-refractivity contribution is -0.163. The highest BCUT2D eigenvalue weighted by atomic mass is 35.5. The molecule has 4 rings (SSSR count). The predicted molar refractivity (Wildman–Crippen MR) is 87.4 cm³/mol. The summed E-state index contributed by atoms with van der Waals surface area (Å²) in [6.07, 6.45) is 1.44. The Labute approximate surface area is 149 Å². The van der Waals surface area contributed by atoms with Crippen molar-refractivity contribution in [3.05, 3.63) is 46.3 Å². The zero-order chi connectivity index (χ0) is 18.0. The van der Waals surface area contributed by atoms with Crippen LogP contribution in [0.3, 0.4) is 0 Å². The maximum absolute atomic E-state index is 14.0. The number of carbonyl (C=O) groups is 1. The second-order valence-corrected chi connectivity index (χ2v) is 7.97. The number of halogens is 2. The first-order valence-corrected chi connectivity index (χ1v) is 8.58. The van der Waals surface area contributed by atoms with Gasteiger partial charge in [0.1, 0.15) is 5.82 Å². The Balaban J connectivity index is 1.70. The second-order valence-electron chi connectivity index (χ2n) is 7.57. The van der Waals surface area contributed by atoms with Gasteiger partial charge in [0, 0.05) is 22.4 Å². The van der Waals surface area contributed by atoms with E-state index in [1.165, 1.54) is 6.07 Å². The smallest absolute Gasteiger partial charge is 0.313 e. The molecule has 1 aliphatic heterocycles. The molecule has 2 aliphatic rings. The molecule has 1 aliphatic carbocycles. The number of hydrogen-bond acceptors (Lipinski definition) is 5. The summed E-state index contributed by atoms with van der Waals surface area (Å²) in [5.74, 6) is -0.0722. The van der Waals surface area contributed by atoms with Gasteiger partial charge in [0.2, 0.25) is 0 Å². The molecule has 0 spiro atoms. The molecule has 2 bridgehead atoms. The van der Waals surface area contributed by atoms with Crippen molar-refractivity contribution in [3.63, 3.8) is 0 Å². The van der Waals surface area contributed by atoms with Crippen molar-refractivity contribution in [3.8, 4) is 0 Å². The lowest BCUT2D eigenvalue weighted by Gasteiger charge is -2.33. The van der Waals surface area contributed by atoms with E-state index in [9.17, 15) is 9.18 Å². The molecule has 2 atom stereocenters. The maximum Gasteiger partial charge on any atom is 0.313 e. The minimum absolute atomic E-state index is 0.108. The van der Waals surface area contributed by atoms with Gasteiger partial charge in [-0.05, 0) is 31.9 Å². The van der Waals surface area contributed by atoms with Gasteiger partial charge in [0.25, 0.3) is 5.89 Å². The minimum atomic E-state index is -0.927. The Morgan fingerprint density at radius 2 is 2.04 bits per heavy atom. The van der Waals surface area contributed by atoms with Crippen LogP contribution in [0, 0.1) is 16.6 Å². The molecule has 1 saturated heterocycles. The van der Waals surface area contributed by atoms with Crippen LogP contribution >= 0.6 is 11.6 Å². The lowest BCUT2D eigenvalue weighted by Crippen LogP contribution is -2.39. The third kappa shape index (κ3) is 1.97. The average Bonchev–Trinajstić information content (AvgIpc) is 3.13. The van der Waals surface area contributed by atoms with Crippen LogP contribution in [0.2, 0.25) is 5.02 Å². The largest absolute Gasteiger partial charge is 0.448 e. The zero-order valence-electron chi connectivity index (χ0n) is 14.2. The number of nitrogens with zero attached hydrogens (tertiary/aromatic N) is 2. The predicted octanol–water partition coefficient (Wildman–Crippen LogP) is 4.03. The molecule has 0 amide bonds. The third-order valence-electron chi connectivity index (χ3n) is 6.29. The van der Waals surface area contributed by atoms with E-state index < -0.39 is 22.2 Å². The average molecular weight is 365 g/mol. The van der Waals surface area contributed by atoms with Gasteiger partial charge in [-0.15, -0.1) is 0 Å². The highest BCUT2D eigenvalue weighted by Gasteiger charge is 2.75. The van der Waals surface area contributed by atoms with Crippen LogP contribution in [-0.4, -0.2) is 16.1 Å². The van der Waals surface area contributed by atoms with E-state index in [0.29, 0.717) is 29.3 Å². The normalized spacial score (nSPS) is 29.9. The highest BCUT2D eigenvalue weighted by Crippen LogP contribution is 2.69. The molecule has 2 fully saturated rings. The third-order valence-corrected chi connectivity index (χ3v) is 6.65. The van der Waals surface area contributed by atoms with E-state index in [0.717, 1.165) is 0 Å². The van der Waals surface area contributed by atoms with Crippen molar-refractivity contribution in [2.45, 2.75) is 45.6 Å². The van der Waals surface area contributed by atoms with Crippen LogP contribution in [0.15, 0.2) is 22.7 Å². The van der Waals surface area contributed by atoms with Gasteiger partial charge >= 0.3 is 5.97 Å². The van der Waals surface area contributed by atoms with Crippen molar-refractivity contribution >= 4 is 17.6 Å². The Kier molecular flexibility index (Phi) is 3.33. The van der Waals surface area contributed by atoms with Crippen molar-refractivity contribution < 1.29 is 18.4 Å². The van der Waals surface area contributed by atoms with E-state index in [1.807, 2.05) is 20.8 Å². The first-order chi connectivity index (χ1) is 11.7. The topological polar surface area (TPSA) is 65.2 Å². The molecule has 1 aromatic carbocycles. The fourth-order valence-electron chi connectivity index (χ4n) is 4.07. The molecule has 0 radical (unpaired) electrons. The number of carbonyl (C=O) groups excluding carboxylic acids is 1. The zero-order valence-corrected chi connectivity index (χ0v) is 15.0. The monoisotopic (exact) mass is 364 g/mol. The van der Waals surface area contributed by atoms with Gasteiger partial charge in [-0.3, -0.25) is 4.79 Å². The number of aromatic nitrogens is 2. The Morgan fingerprint density at radius 1 is 1.28 bits per heavy atom. The first kappa shape index (κ1) is 16.5. The number of ether oxygens (including phenoxy) is 1. The van der Waals surface area contributed by atoms with Gasteiger partial charge in [-0.25, -0.2) is 4.39 Å². The van der Waals surface area contributed by atoms with Crippen LogP contribution in [-0.2, 0) is 21.6 Å². The van der Waals surface area contributed by atoms with Gasteiger partial charge in [-0.2, -0.15) is 4.98 Å². The summed E-state index contributed by atoms with van der Waals surface area (Å²) >= 11 is 6.06. The molecule has 0 N–H and O–H groups in total. The number of hydrogen-bond donors (Lipinski definition) is 0. The molecule has 1 saturated carbocycles. The molecule has 2 aromatic rings. The summed E-state index contributed by atoms with van der Waals surface area (Å²) < 4.78 is 25.2. The SMILES string of the molecule is CC1(C)C2(c3nc(Cc4c(F)cccc4Cl)no3)CC[C@@]1(C)C(=O)O2. The number of esters is 1. The molecular formula is C18H18ClFN2O3. The number of benzene rings is 1. The van der Waals surface area contributed by atoms with Crippen LogP contribution < -0.4 is 0 Å². The molecule has 132 valence electrons. The first-order valence-electron chi connectivity index (χ1n) is 8.21. The van der Waals surface area contributed by atoms with Crippen LogP contribution in [0.4, 0.5) is 4.39 Å². The van der Waals surface area contributed by atoms with E-state index in [-0.39, 0.29) is 18.3 Å². The van der Waals surface area contributed by atoms with Gasteiger partial charge in [-0.1, -0.05) is 36.7 Å². The summed E-state index contributed by atoms with van der Waals surface area (Å²) in [4.78, 5) is 16.8. The molecule has 25 heavy (non-hydrogen) atoms. The van der Waals surface area contributed by atoms with Crippen molar-refractivity contribution in [1.82, 2.24) is 10.1 Å². The summed E-state index contributed by atoms with van der Waals surface area (Å²) in [5.41, 5.74) is -1.66. The highest BCUT2D eigenvalue weighted by molar-refractivity contribution is 6.31. The molecular weight excluding hydrogens is 347 g/mol. The fraction of sp³-hybridized carbons (Fsp3) is 0.500. The van der Waals surface area contributed by atoms with Crippen LogP contribution in [0.25, 0.3) is 0 Å². The van der Waals surface area contributed by atoms with Crippen LogP contribution in [0.1, 0.15) is 50.9 Å². The van der Waals surface area contributed by atoms with E-state index in [4.69, 9.17) is 20.9 Å². The summed E-state index contributed by atoms with van der Waals surface area (Å²) in [6.45, 7) is 5.89. The van der Waals surface area contributed by atoms with Crippen LogP contribution in [0.5, 0.6) is 0 Å². The standard InChI is InChI=1S/C18H18ClFN2O3/c1-16(2)17(3)7-8-18(16,24-15(17)23)14-21-13(22-25-14)9-10-11(19)5-4-6-12(10)20/h4-6H,7-9H2,1-3H3/t17-,18?/m0/s1. The van der Waals surface area contributed by atoms with Crippen molar-refractivity contribution in [2.24, 2.45) is 10.8 Å². The molecule has 7 heteroatoms. The molecule has 2 heterocycles. The second kappa shape index (κ2) is 5.04. The summed E-state index contributed by atoms with van der Waals surface area (Å²) in [7, 11) is 0. The Hall–Kier alpha value is -1.95. The number of rotatable bonds is 3. The fourth-order valence-corrected chi connectivity index (χ4v) is 4.30. The van der Waals surface area contributed by atoms with Gasteiger partial charge in [0.05, 0.1) is 5.41 Å². The molecule has 1 aromatic heterocycles. The van der Waals surface area contributed by atoms with Gasteiger partial charge in [0.15, 0.2) is 11.4 Å². The van der Waals surface area contributed by atoms with E-state index >= 15 is 0 Å². The molecule has 5 nitrogen and oxygen atoms in total. The Morgan fingerprint density at radius 3 is 2.64 bits per heavy atom. The van der Waals surface area contributed by atoms with E-state index in [1.54, 1.807) is 12.1 Å². The number of fused-ring (bicyclic) bond motifs is 2. The summed E-state index contributed by atoms with van der Waals surface area (Å²) in [6, 6.07) is 4.50. The van der Waals surface area contributed by atoms with E-state index in [2.05, 4.69) is 10.1 Å². The lowest BCUT2D eigenvalue weighted by atomic mass is 9.66. The van der Waals surface area contributed by atoms with Gasteiger partial charge < -0.3 is 9.26 Å². The quantitative estimate of drug-likeness (QED) is 0.769. The minimum Gasteiger partial charge on any atom is -0.448 e.